The van der Waals surface area contributed by atoms with E-state index in [1.54, 1.807) is 0 Å². The van der Waals surface area contributed by atoms with E-state index in [9.17, 15) is 0 Å². The lowest BCUT2D eigenvalue weighted by Gasteiger charge is -2.26. The standard InChI is InChI=1S/C19H31N3O2/c1-16-13-18(15-21(16)2)20-14-17-5-3-4-6-19(17)24-12-9-22-7-10-23-11-8-22/h3-6,16,18,20H,7-15H2,1-2H3/t16-,18-/m0/s1. The zero-order chi connectivity index (χ0) is 16.8. The van der Waals surface area contributed by atoms with Crippen molar-refractivity contribution in [3.8, 4) is 5.75 Å². The van der Waals surface area contributed by atoms with Crippen LogP contribution in [0.25, 0.3) is 0 Å². The highest BCUT2D eigenvalue weighted by atomic mass is 16.5. The lowest BCUT2D eigenvalue weighted by molar-refractivity contribution is 0.0322. The van der Waals surface area contributed by atoms with Crippen LogP contribution in [0.3, 0.4) is 0 Å². The molecule has 0 radical (unpaired) electrons. The molecule has 2 aliphatic rings. The van der Waals surface area contributed by atoms with Crippen LogP contribution in [0.15, 0.2) is 24.3 Å². The van der Waals surface area contributed by atoms with Crippen LogP contribution in [-0.4, -0.2) is 74.9 Å². The number of likely N-dealkylation sites (tertiary alicyclic amines) is 1. The third-order valence-corrected chi connectivity index (χ3v) is 5.21. The molecule has 0 unspecified atom stereocenters. The fourth-order valence-corrected chi connectivity index (χ4v) is 3.50. The highest BCUT2D eigenvalue weighted by Crippen LogP contribution is 2.20. The van der Waals surface area contributed by atoms with Crippen LogP contribution in [0.4, 0.5) is 0 Å². The van der Waals surface area contributed by atoms with Crippen LogP contribution in [0.5, 0.6) is 5.75 Å². The molecule has 0 saturated carbocycles. The summed E-state index contributed by atoms with van der Waals surface area (Å²) in [4.78, 5) is 4.82. The molecule has 1 aromatic rings. The van der Waals surface area contributed by atoms with Crippen molar-refractivity contribution >= 4 is 0 Å². The summed E-state index contributed by atoms with van der Waals surface area (Å²) in [6.07, 6.45) is 1.22. The number of hydrogen-bond acceptors (Lipinski definition) is 5. The molecule has 2 atom stereocenters. The number of para-hydroxylation sites is 1. The molecule has 0 aliphatic carbocycles. The van der Waals surface area contributed by atoms with Crippen molar-refractivity contribution in [3.63, 3.8) is 0 Å². The lowest BCUT2D eigenvalue weighted by atomic mass is 10.1. The Balaban J connectivity index is 1.45. The van der Waals surface area contributed by atoms with Crippen LogP contribution < -0.4 is 10.1 Å². The van der Waals surface area contributed by atoms with Gasteiger partial charge in [-0.15, -0.1) is 0 Å². The van der Waals surface area contributed by atoms with Crippen molar-refractivity contribution in [2.75, 3.05) is 53.0 Å². The first-order valence-electron chi connectivity index (χ1n) is 9.17. The summed E-state index contributed by atoms with van der Waals surface area (Å²) in [7, 11) is 2.20. The molecule has 5 nitrogen and oxygen atoms in total. The summed E-state index contributed by atoms with van der Waals surface area (Å²) in [5.41, 5.74) is 1.25. The summed E-state index contributed by atoms with van der Waals surface area (Å²) in [5.74, 6) is 1.01. The van der Waals surface area contributed by atoms with Gasteiger partial charge in [-0.2, -0.15) is 0 Å². The molecular weight excluding hydrogens is 302 g/mol. The van der Waals surface area contributed by atoms with Crippen LogP contribution in [-0.2, 0) is 11.3 Å². The predicted molar refractivity (Wildman–Crippen MR) is 96.5 cm³/mol. The van der Waals surface area contributed by atoms with Gasteiger partial charge in [0.25, 0.3) is 0 Å². The Labute approximate surface area is 145 Å². The van der Waals surface area contributed by atoms with E-state index in [1.807, 2.05) is 0 Å². The Morgan fingerprint density at radius 1 is 1.25 bits per heavy atom. The molecule has 2 heterocycles. The van der Waals surface area contributed by atoms with E-state index in [4.69, 9.17) is 9.47 Å². The van der Waals surface area contributed by atoms with Crippen LogP contribution in [0.1, 0.15) is 18.9 Å². The molecule has 1 aromatic carbocycles. The Morgan fingerprint density at radius 2 is 2.04 bits per heavy atom. The Hall–Kier alpha value is -1.14. The highest BCUT2D eigenvalue weighted by molar-refractivity contribution is 5.33. The number of nitrogens with zero attached hydrogens (tertiary/aromatic N) is 2. The molecule has 5 heteroatoms. The van der Waals surface area contributed by atoms with E-state index in [0.29, 0.717) is 12.1 Å². The van der Waals surface area contributed by atoms with E-state index in [1.165, 1.54) is 12.0 Å². The number of benzene rings is 1. The fraction of sp³-hybridized carbons (Fsp3) is 0.684. The van der Waals surface area contributed by atoms with Gasteiger partial charge in [0.2, 0.25) is 0 Å². The molecule has 24 heavy (non-hydrogen) atoms. The largest absolute Gasteiger partial charge is 0.492 e. The molecule has 0 spiro atoms. The number of nitrogens with one attached hydrogen (secondary N) is 1. The zero-order valence-corrected chi connectivity index (χ0v) is 15.0. The first-order chi connectivity index (χ1) is 11.7. The quantitative estimate of drug-likeness (QED) is 0.820. The number of rotatable bonds is 7. The second-order valence-corrected chi connectivity index (χ2v) is 7.01. The highest BCUT2D eigenvalue weighted by Gasteiger charge is 2.25. The molecule has 134 valence electrons. The maximum absolute atomic E-state index is 6.06. The van der Waals surface area contributed by atoms with Gasteiger partial charge in [0.05, 0.1) is 13.2 Å². The summed E-state index contributed by atoms with van der Waals surface area (Å²) >= 11 is 0. The number of likely N-dealkylation sites (N-methyl/N-ethyl adjacent to an activating group) is 1. The first kappa shape index (κ1) is 17.7. The van der Waals surface area contributed by atoms with Crippen LogP contribution in [0, 0.1) is 0 Å². The molecule has 2 fully saturated rings. The minimum atomic E-state index is 0.575. The summed E-state index contributed by atoms with van der Waals surface area (Å²) in [5, 5.41) is 3.69. The molecule has 1 N–H and O–H groups in total. The second-order valence-electron chi connectivity index (χ2n) is 7.01. The predicted octanol–water partition coefficient (Wildman–Crippen LogP) is 1.58. The van der Waals surface area contributed by atoms with Crippen molar-refractivity contribution in [2.45, 2.75) is 32.0 Å². The molecule has 2 aliphatic heterocycles. The van der Waals surface area contributed by atoms with Gasteiger partial charge >= 0.3 is 0 Å². The first-order valence-corrected chi connectivity index (χ1v) is 9.17. The van der Waals surface area contributed by atoms with E-state index in [2.05, 4.69) is 53.4 Å². The van der Waals surface area contributed by atoms with Gasteiger partial charge in [-0.3, -0.25) is 4.90 Å². The Kier molecular flexibility index (Phi) is 6.49. The molecule has 2 saturated heterocycles. The number of hydrogen-bond donors (Lipinski definition) is 1. The van der Waals surface area contributed by atoms with Crippen LogP contribution in [0.2, 0.25) is 0 Å². The zero-order valence-electron chi connectivity index (χ0n) is 15.0. The summed E-state index contributed by atoms with van der Waals surface area (Å²) in [6.45, 7) is 9.71. The minimum absolute atomic E-state index is 0.575. The monoisotopic (exact) mass is 333 g/mol. The van der Waals surface area contributed by atoms with Crippen molar-refractivity contribution in [1.29, 1.82) is 0 Å². The summed E-state index contributed by atoms with van der Waals surface area (Å²) in [6, 6.07) is 9.64. The van der Waals surface area contributed by atoms with E-state index < -0.39 is 0 Å². The smallest absolute Gasteiger partial charge is 0.123 e. The van der Waals surface area contributed by atoms with Gasteiger partial charge in [0.15, 0.2) is 0 Å². The maximum atomic E-state index is 6.06. The third kappa shape index (κ3) is 4.93. The number of morpholine rings is 1. The average Bonchev–Trinajstić information content (AvgIpc) is 2.93. The van der Waals surface area contributed by atoms with Gasteiger partial charge in [0, 0.05) is 50.4 Å². The summed E-state index contributed by atoms with van der Waals surface area (Å²) < 4.78 is 11.4. The van der Waals surface area contributed by atoms with Crippen molar-refractivity contribution in [1.82, 2.24) is 15.1 Å². The lowest BCUT2D eigenvalue weighted by Crippen LogP contribution is -2.38. The average molecular weight is 333 g/mol. The topological polar surface area (TPSA) is 37.0 Å². The molecule has 0 bridgehead atoms. The maximum Gasteiger partial charge on any atom is 0.123 e. The van der Waals surface area contributed by atoms with Crippen molar-refractivity contribution in [2.24, 2.45) is 0 Å². The molecule has 0 aromatic heterocycles. The minimum Gasteiger partial charge on any atom is -0.492 e. The SMILES string of the molecule is C[C@H]1C[C@H](NCc2ccccc2OCCN2CCOCC2)CN1C. The molecule has 3 rings (SSSR count). The Bertz CT molecular complexity index is 495. The molecule has 0 amide bonds. The van der Waals surface area contributed by atoms with Crippen molar-refractivity contribution < 1.29 is 9.47 Å². The van der Waals surface area contributed by atoms with E-state index in [-0.39, 0.29) is 0 Å². The van der Waals surface area contributed by atoms with Gasteiger partial charge in [0.1, 0.15) is 12.4 Å². The number of ether oxygens (including phenoxy) is 2. The fourth-order valence-electron chi connectivity index (χ4n) is 3.50. The van der Waals surface area contributed by atoms with Gasteiger partial charge in [-0.1, -0.05) is 18.2 Å². The van der Waals surface area contributed by atoms with Crippen molar-refractivity contribution in [3.05, 3.63) is 29.8 Å². The second kappa shape index (κ2) is 8.81. The molecular formula is C19H31N3O2. The van der Waals surface area contributed by atoms with E-state index in [0.717, 1.165) is 58.3 Å². The van der Waals surface area contributed by atoms with Crippen LogP contribution >= 0.6 is 0 Å². The van der Waals surface area contributed by atoms with Gasteiger partial charge < -0.3 is 19.7 Å². The Morgan fingerprint density at radius 3 is 2.79 bits per heavy atom. The van der Waals surface area contributed by atoms with E-state index >= 15 is 0 Å². The van der Waals surface area contributed by atoms with Gasteiger partial charge in [-0.05, 0) is 26.5 Å². The van der Waals surface area contributed by atoms with Gasteiger partial charge in [-0.25, -0.2) is 0 Å². The third-order valence-electron chi connectivity index (χ3n) is 5.21. The normalized spacial score (nSPS) is 25.9.